The van der Waals surface area contributed by atoms with E-state index in [0.29, 0.717) is 17.7 Å². The Morgan fingerprint density at radius 3 is 2.53 bits per heavy atom. The molecule has 0 aromatic heterocycles. The van der Waals surface area contributed by atoms with Crippen LogP contribution in [-0.4, -0.2) is 10.6 Å². The predicted molar refractivity (Wildman–Crippen MR) is 74.5 cm³/mol. The zero-order chi connectivity index (χ0) is 13.8. The second-order valence-corrected chi connectivity index (χ2v) is 4.17. The van der Waals surface area contributed by atoms with Gasteiger partial charge in [-0.1, -0.05) is 30.3 Å². The molecule has 96 valence electrons. The summed E-state index contributed by atoms with van der Waals surface area (Å²) >= 11 is 0. The molecule has 0 saturated carbocycles. The minimum Gasteiger partial charge on any atom is -0.398 e. The molecule has 0 unspecified atom stereocenters. The number of hydrogen-bond acceptors (Lipinski definition) is 4. The van der Waals surface area contributed by atoms with Crippen LogP contribution in [0.1, 0.15) is 11.1 Å². The molecular formula is C14H13N3O2. The summed E-state index contributed by atoms with van der Waals surface area (Å²) in [7, 11) is 0. The van der Waals surface area contributed by atoms with E-state index in [1.165, 1.54) is 18.2 Å². The van der Waals surface area contributed by atoms with E-state index in [9.17, 15) is 10.1 Å². The number of hydrogen-bond donors (Lipinski definition) is 2. The van der Waals surface area contributed by atoms with E-state index in [4.69, 9.17) is 11.1 Å². The first kappa shape index (κ1) is 12.8. The standard InChI is InChI=1S/C14H13N3O2/c15-13-7-6-11(17(18)19)9-12(13)14(16)8-10-4-2-1-3-5-10/h1-7,9,16H,8,15H2. The van der Waals surface area contributed by atoms with Gasteiger partial charge in [0.15, 0.2) is 0 Å². The van der Waals surface area contributed by atoms with Gasteiger partial charge in [0.1, 0.15) is 0 Å². The van der Waals surface area contributed by atoms with E-state index in [1.807, 2.05) is 30.3 Å². The molecule has 0 heterocycles. The summed E-state index contributed by atoms with van der Waals surface area (Å²) in [6.45, 7) is 0. The lowest BCUT2D eigenvalue weighted by Crippen LogP contribution is -2.07. The van der Waals surface area contributed by atoms with E-state index in [2.05, 4.69) is 0 Å². The Hall–Kier alpha value is -2.69. The molecule has 0 amide bonds. The van der Waals surface area contributed by atoms with Crippen molar-refractivity contribution in [2.45, 2.75) is 6.42 Å². The number of nitrogens with zero attached hydrogens (tertiary/aromatic N) is 1. The number of nitrogens with one attached hydrogen (secondary N) is 1. The van der Waals surface area contributed by atoms with Gasteiger partial charge < -0.3 is 11.1 Å². The van der Waals surface area contributed by atoms with Crippen molar-refractivity contribution in [2.75, 3.05) is 5.73 Å². The van der Waals surface area contributed by atoms with Crippen molar-refractivity contribution in [3.8, 4) is 0 Å². The fourth-order valence-corrected chi connectivity index (χ4v) is 1.81. The highest BCUT2D eigenvalue weighted by Gasteiger charge is 2.13. The molecule has 19 heavy (non-hydrogen) atoms. The van der Waals surface area contributed by atoms with Crippen LogP contribution >= 0.6 is 0 Å². The Morgan fingerprint density at radius 1 is 1.21 bits per heavy atom. The predicted octanol–water partition coefficient (Wildman–Crippen LogP) is 2.79. The highest BCUT2D eigenvalue weighted by Crippen LogP contribution is 2.21. The first-order valence-corrected chi connectivity index (χ1v) is 5.73. The Kier molecular flexibility index (Phi) is 3.56. The quantitative estimate of drug-likeness (QED) is 0.380. The van der Waals surface area contributed by atoms with Crippen molar-refractivity contribution in [1.29, 1.82) is 5.41 Å². The van der Waals surface area contributed by atoms with E-state index >= 15 is 0 Å². The first-order chi connectivity index (χ1) is 9.08. The lowest BCUT2D eigenvalue weighted by molar-refractivity contribution is -0.384. The number of non-ortho nitro benzene ring substituents is 1. The number of nitro benzene ring substituents is 1. The van der Waals surface area contributed by atoms with Gasteiger partial charge in [-0.2, -0.15) is 0 Å². The number of nitrogen functional groups attached to an aromatic ring is 1. The lowest BCUT2D eigenvalue weighted by atomic mass is 10.0. The van der Waals surface area contributed by atoms with Crippen LogP contribution in [0.25, 0.3) is 0 Å². The zero-order valence-electron chi connectivity index (χ0n) is 10.2. The van der Waals surface area contributed by atoms with E-state index in [1.54, 1.807) is 0 Å². The number of benzene rings is 2. The fourth-order valence-electron chi connectivity index (χ4n) is 1.81. The van der Waals surface area contributed by atoms with Crippen LogP contribution in [0.5, 0.6) is 0 Å². The average Bonchev–Trinajstić information content (AvgIpc) is 2.40. The minimum absolute atomic E-state index is 0.0537. The highest BCUT2D eigenvalue weighted by molar-refractivity contribution is 6.04. The van der Waals surface area contributed by atoms with Crippen LogP contribution in [0.15, 0.2) is 48.5 Å². The molecule has 0 radical (unpaired) electrons. The van der Waals surface area contributed by atoms with Gasteiger partial charge in [0.05, 0.1) is 4.92 Å². The average molecular weight is 255 g/mol. The van der Waals surface area contributed by atoms with Crippen LogP contribution in [-0.2, 0) is 6.42 Å². The van der Waals surface area contributed by atoms with Crippen LogP contribution < -0.4 is 5.73 Å². The lowest BCUT2D eigenvalue weighted by Gasteiger charge is -2.07. The molecule has 0 aliphatic carbocycles. The number of rotatable bonds is 4. The summed E-state index contributed by atoms with van der Waals surface area (Å²) in [5, 5.41) is 18.8. The normalized spacial score (nSPS) is 10.1. The maximum atomic E-state index is 10.7. The van der Waals surface area contributed by atoms with Crippen molar-refractivity contribution >= 4 is 17.1 Å². The monoisotopic (exact) mass is 255 g/mol. The van der Waals surface area contributed by atoms with Crippen LogP contribution in [0.2, 0.25) is 0 Å². The summed E-state index contributed by atoms with van der Waals surface area (Å²) in [5.41, 5.74) is 7.76. The third-order valence-electron chi connectivity index (χ3n) is 2.80. The molecule has 0 saturated heterocycles. The fraction of sp³-hybridized carbons (Fsp3) is 0.0714. The SMILES string of the molecule is N=C(Cc1ccccc1)c1cc([N+](=O)[O-])ccc1N. The van der Waals surface area contributed by atoms with Crippen molar-refractivity contribution in [1.82, 2.24) is 0 Å². The Bertz CT molecular complexity index is 624. The molecule has 5 heteroatoms. The molecule has 0 aliphatic rings. The van der Waals surface area contributed by atoms with Gasteiger partial charge >= 0.3 is 0 Å². The first-order valence-electron chi connectivity index (χ1n) is 5.73. The Labute approximate surface area is 110 Å². The van der Waals surface area contributed by atoms with Gasteiger partial charge in [0, 0.05) is 35.5 Å². The molecule has 0 bridgehead atoms. The molecule has 0 atom stereocenters. The molecular weight excluding hydrogens is 242 g/mol. The second-order valence-electron chi connectivity index (χ2n) is 4.17. The number of anilines is 1. The summed E-state index contributed by atoms with van der Waals surface area (Å²) in [4.78, 5) is 10.3. The molecule has 0 spiro atoms. The number of nitro groups is 1. The Morgan fingerprint density at radius 2 is 1.89 bits per heavy atom. The van der Waals surface area contributed by atoms with Crippen molar-refractivity contribution in [3.05, 3.63) is 69.8 Å². The third kappa shape index (κ3) is 2.95. The van der Waals surface area contributed by atoms with Gasteiger partial charge in [-0.3, -0.25) is 10.1 Å². The van der Waals surface area contributed by atoms with Crippen molar-refractivity contribution < 1.29 is 4.92 Å². The molecule has 2 aromatic rings. The molecule has 0 fully saturated rings. The zero-order valence-corrected chi connectivity index (χ0v) is 10.2. The van der Waals surface area contributed by atoms with Crippen LogP contribution in [0, 0.1) is 15.5 Å². The van der Waals surface area contributed by atoms with Gasteiger partial charge in [0.25, 0.3) is 5.69 Å². The van der Waals surface area contributed by atoms with Crippen molar-refractivity contribution in [3.63, 3.8) is 0 Å². The Balaban J connectivity index is 2.28. The smallest absolute Gasteiger partial charge is 0.270 e. The van der Waals surface area contributed by atoms with Gasteiger partial charge in [-0.15, -0.1) is 0 Å². The van der Waals surface area contributed by atoms with Gasteiger partial charge in [-0.05, 0) is 11.6 Å². The molecule has 2 aromatic carbocycles. The number of nitrogens with two attached hydrogens (primary N) is 1. The van der Waals surface area contributed by atoms with Crippen LogP contribution in [0.3, 0.4) is 0 Å². The summed E-state index contributed by atoms with van der Waals surface area (Å²) in [6, 6.07) is 13.6. The largest absolute Gasteiger partial charge is 0.398 e. The van der Waals surface area contributed by atoms with Crippen molar-refractivity contribution in [2.24, 2.45) is 0 Å². The molecule has 3 N–H and O–H groups in total. The molecule has 2 rings (SSSR count). The summed E-state index contributed by atoms with van der Waals surface area (Å²) < 4.78 is 0. The highest BCUT2D eigenvalue weighted by atomic mass is 16.6. The third-order valence-corrected chi connectivity index (χ3v) is 2.80. The molecule has 5 nitrogen and oxygen atoms in total. The topological polar surface area (TPSA) is 93.0 Å². The second kappa shape index (κ2) is 5.30. The van der Waals surface area contributed by atoms with E-state index in [-0.39, 0.29) is 11.4 Å². The minimum atomic E-state index is -0.487. The summed E-state index contributed by atoms with van der Waals surface area (Å²) in [6.07, 6.45) is 0.395. The molecule has 0 aliphatic heterocycles. The van der Waals surface area contributed by atoms with E-state index in [0.717, 1.165) is 5.56 Å². The summed E-state index contributed by atoms with van der Waals surface area (Å²) in [5.74, 6) is 0. The van der Waals surface area contributed by atoms with E-state index < -0.39 is 4.92 Å². The maximum absolute atomic E-state index is 10.7. The van der Waals surface area contributed by atoms with Crippen LogP contribution in [0.4, 0.5) is 11.4 Å². The van der Waals surface area contributed by atoms with Gasteiger partial charge in [0.2, 0.25) is 0 Å². The maximum Gasteiger partial charge on any atom is 0.270 e. The van der Waals surface area contributed by atoms with Gasteiger partial charge in [-0.25, -0.2) is 0 Å².